The first kappa shape index (κ1) is 26.3. The smallest absolute Gasteiger partial charge is 0.269 e. The lowest BCUT2D eigenvalue weighted by molar-refractivity contribution is -0.133. The number of carbonyl (C=O) groups excluding carboxylic acids is 2. The Labute approximate surface area is 208 Å². The lowest BCUT2D eigenvalue weighted by atomic mass is 9.86. The third-order valence-corrected chi connectivity index (χ3v) is 6.59. The average molecular weight is 476 g/mol. The van der Waals surface area contributed by atoms with E-state index in [1.807, 2.05) is 45.9 Å². The minimum atomic E-state index is -0.744. The summed E-state index contributed by atoms with van der Waals surface area (Å²) in [6.07, 6.45) is 14.8. The largest absolute Gasteiger partial charge is 0.350 e. The van der Waals surface area contributed by atoms with Gasteiger partial charge in [-0.2, -0.15) is 0 Å². The number of hydrogen-bond donors (Lipinski definition) is 1. The van der Waals surface area contributed by atoms with Crippen LogP contribution >= 0.6 is 0 Å². The van der Waals surface area contributed by atoms with Crippen molar-refractivity contribution in [1.29, 1.82) is 0 Å². The summed E-state index contributed by atoms with van der Waals surface area (Å²) in [7, 11) is 0. The van der Waals surface area contributed by atoms with Gasteiger partial charge in [-0.15, -0.1) is 6.58 Å². The Kier molecular flexibility index (Phi) is 8.54. The number of likely N-dealkylation sites (tertiary alicyclic amines) is 1. The molecule has 0 aromatic carbocycles. The minimum absolute atomic E-state index is 0.00341. The number of hydrogen-bond acceptors (Lipinski definition) is 5. The topological polar surface area (TPSA) is 87.5 Å². The molecule has 1 saturated carbocycles. The van der Waals surface area contributed by atoms with Crippen LogP contribution in [0.3, 0.4) is 0 Å². The molecule has 0 radical (unpaired) electrons. The zero-order chi connectivity index (χ0) is 25.6. The molecule has 1 aromatic rings. The molecule has 0 bridgehead atoms. The highest BCUT2D eigenvalue weighted by Crippen LogP contribution is 2.42. The van der Waals surface area contributed by atoms with Crippen LogP contribution in [0.1, 0.15) is 63.8 Å². The van der Waals surface area contributed by atoms with Crippen LogP contribution in [0.25, 0.3) is 0 Å². The highest BCUT2D eigenvalue weighted by molar-refractivity contribution is 6.43. The van der Waals surface area contributed by atoms with Gasteiger partial charge in [-0.1, -0.05) is 31.7 Å². The highest BCUT2D eigenvalue weighted by atomic mass is 16.2. The molecule has 1 atom stereocenters. The first-order valence-electron chi connectivity index (χ1n) is 12.3. The summed E-state index contributed by atoms with van der Waals surface area (Å²) in [5.41, 5.74) is 2.02. The van der Waals surface area contributed by atoms with Crippen molar-refractivity contribution in [3.63, 3.8) is 0 Å². The van der Waals surface area contributed by atoms with Crippen molar-refractivity contribution in [1.82, 2.24) is 20.2 Å². The fraction of sp³-hybridized carbons (Fsp3) is 0.464. The fourth-order valence-corrected chi connectivity index (χ4v) is 3.86. The Bertz CT molecular complexity index is 1060. The number of nitrogens with zero attached hydrogens (tertiary/aromatic N) is 4. The van der Waals surface area contributed by atoms with Gasteiger partial charge in [0.05, 0.1) is 5.41 Å². The molecule has 1 aliphatic carbocycles. The fourth-order valence-electron chi connectivity index (χ4n) is 3.86. The van der Waals surface area contributed by atoms with Crippen molar-refractivity contribution in [2.45, 2.75) is 59.3 Å². The zero-order valence-electron chi connectivity index (χ0n) is 21.4. The summed E-state index contributed by atoms with van der Waals surface area (Å²) >= 11 is 0. The van der Waals surface area contributed by atoms with E-state index in [1.165, 1.54) is 0 Å². The van der Waals surface area contributed by atoms with Gasteiger partial charge in [0.25, 0.3) is 5.91 Å². The minimum Gasteiger partial charge on any atom is -0.350 e. The van der Waals surface area contributed by atoms with E-state index in [9.17, 15) is 9.59 Å². The Hall–Kier alpha value is -3.35. The second kappa shape index (κ2) is 11.4. The molecule has 0 spiro atoms. The standard InChI is InChI=1S/C28H37N5O2/c1-7-9-10-24(26(34)31-15-21-11-12-21)32-18-33-25(19(3)28(5,6)27(33)35)14-13-22(8-2)23-16-29-20(4)30-17-23/h8-10,14,16-17,21-22H,2-3,7,11-13,15,18H2,1,4-6H3,(H,31,34)/b10-9-,25-14-,32-24?/t22-/m0/s1. The molecule has 7 heteroatoms. The third kappa shape index (κ3) is 6.41. The summed E-state index contributed by atoms with van der Waals surface area (Å²) in [4.78, 5) is 40.8. The predicted octanol–water partition coefficient (Wildman–Crippen LogP) is 4.64. The summed E-state index contributed by atoms with van der Waals surface area (Å²) in [5, 5.41) is 2.97. The Morgan fingerprint density at radius 1 is 1.34 bits per heavy atom. The molecule has 0 unspecified atom stereocenters. The predicted molar refractivity (Wildman–Crippen MR) is 140 cm³/mol. The molecule has 186 valence electrons. The normalized spacial score (nSPS) is 20.1. The second-order valence-corrected chi connectivity index (χ2v) is 9.72. The van der Waals surface area contributed by atoms with Crippen LogP contribution in [0.5, 0.6) is 0 Å². The second-order valence-electron chi connectivity index (χ2n) is 9.72. The molecule has 35 heavy (non-hydrogen) atoms. The van der Waals surface area contributed by atoms with Crippen molar-refractivity contribution in [3.05, 3.63) is 72.5 Å². The molecule has 2 fully saturated rings. The monoisotopic (exact) mass is 475 g/mol. The molecule has 2 heterocycles. The van der Waals surface area contributed by atoms with Crippen molar-refractivity contribution >= 4 is 17.5 Å². The van der Waals surface area contributed by atoms with Crippen molar-refractivity contribution in [2.75, 3.05) is 13.2 Å². The van der Waals surface area contributed by atoms with Gasteiger partial charge in [0.1, 0.15) is 18.2 Å². The number of aryl methyl sites for hydroxylation is 1. The molecule has 1 aliphatic heterocycles. The molecule has 1 aromatic heterocycles. The Morgan fingerprint density at radius 2 is 2.03 bits per heavy atom. The van der Waals surface area contributed by atoms with Gasteiger partial charge in [-0.25, -0.2) is 9.97 Å². The zero-order valence-corrected chi connectivity index (χ0v) is 21.4. The Morgan fingerprint density at radius 3 is 2.63 bits per heavy atom. The van der Waals surface area contributed by atoms with Crippen molar-refractivity contribution in [3.8, 4) is 0 Å². The number of nitrogens with one attached hydrogen (secondary N) is 1. The summed E-state index contributed by atoms with van der Waals surface area (Å²) in [5.74, 6) is 0.998. The van der Waals surface area contributed by atoms with Crippen LogP contribution < -0.4 is 5.32 Å². The van der Waals surface area contributed by atoms with E-state index in [0.29, 0.717) is 30.4 Å². The number of rotatable bonds is 11. The van der Waals surface area contributed by atoms with E-state index >= 15 is 0 Å². The van der Waals surface area contributed by atoms with Crippen molar-refractivity contribution in [2.24, 2.45) is 16.3 Å². The van der Waals surface area contributed by atoms with Crippen LogP contribution in [0.2, 0.25) is 0 Å². The van der Waals surface area contributed by atoms with E-state index in [0.717, 1.165) is 36.1 Å². The van der Waals surface area contributed by atoms with E-state index in [4.69, 9.17) is 0 Å². The third-order valence-electron chi connectivity index (χ3n) is 6.59. The van der Waals surface area contributed by atoms with Crippen LogP contribution in [0.4, 0.5) is 0 Å². The quantitative estimate of drug-likeness (QED) is 0.373. The van der Waals surface area contributed by atoms with Gasteiger partial charge in [-0.05, 0) is 69.6 Å². The maximum absolute atomic E-state index is 13.3. The molecule has 1 N–H and O–H groups in total. The summed E-state index contributed by atoms with van der Waals surface area (Å²) < 4.78 is 0. The molecule has 2 aliphatic rings. The number of aliphatic imine (C=N–C) groups is 1. The summed E-state index contributed by atoms with van der Waals surface area (Å²) in [6, 6.07) is 0. The molecule has 1 saturated heterocycles. The van der Waals surface area contributed by atoms with Gasteiger partial charge in [0.2, 0.25) is 5.91 Å². The van der Waals surface area contributed by atoms with Crippen LogP contribution in [0.15, 0.2) is 66.1 Å². The van der Waals surface area contributed by atoms with E-state index in [2.05, 4.69) is 33.4 Å². The molecule has 3 rings (SSSR count). The molecular weight excluding hydrogens is 438 g/mol. The number of allylic oxidation sites excluding steroid dienone is 4. The first-order chi connectivity index (χ1) is 16.7. The molecule has 7 nitrogen and oxygen atoms in total. The van der Waals surface area contributed by atoms with Gasteiger partial charge in [-0.3, -0.25) is 19.5 Å². The van der Waals surface area contributed by atoms with Crippen LogP contribution in [-0.2, 0) is 9.59 Å². The van der Waals surface area contributed by atoms with E-state index in [1.54, 1.807) is 23.4 Å². The lowest BCUT2D eigenvalue weighted by Crippen LogP contribution is -2.34. The number of aromatic nitrogens is 2. The average Bonchev–Trinajstić information content (AvgIpc) is 3.65. The van der Waals surface area contributed by atoms with E-state index in [-0.39, 0.29) is 24.4 Å². The maximum atomic E-state index is 13.3. The number of carbonyl (C=O) groups is 2. The number of amides is 2. The molecule has 2 amide bonds. The molecular formula is C28H37N5O2. The summed E-state index contributed by atoms with van der Waals surface area (Å²) in [6.45, 7) is 16.5. The lowest BCUT2D eigenvalue weighted by Gasteiger charge is -2.18. The van der Waals surface area contributed by atoms with Crippen LogP contribution in [0, 0.1) is 18.3 Å². The highest BCUT2D eigenvalue weighted by Gasteiger charge is 2.45. The van der Waals surface area contributed by atoms with Crippen LogP contribution in [-0.4, -0.2) is 45.6 Å². The van der Waals surface area contributed by atoms with Gasteiger partial charge in [0.15, 0.2) is 0 Å². The SMILES string of the molecule is C=C[C@@H](C/C=C1/C(=C)C(C)(C)C(=O)N1CN=C(/C=C\CC)C(=O)NCC1CC1)c1cnc(C)nc1. The Balaban J connectivity index is 1.83. The van der Waals surface area contributed by atoms with Crippen molar-refractivity contribution < 1.29 is 9.59 Å². The van der Waals surface area contributed by atoms with Gasteiger partial charge >= 0.3 is 0 Å². The van der Waals surface area contributed by atoms with Gasteiger partial charge < -0.3 is 5.32 Å². The van der Waals surface area contributed by atoms with Gasteiger partial charge in [0, 0.05) is 30.6 Å². The first-order valence-corrected chi connectivity index (χ1v) is 12.3. The van der Waals surface area contributed by atoms with E-state index < -0.39 is 5.41 Å². The maximum Gasteiger partial charge on any atom is 0.269 e.